The van der Waals surface area contributed by atoms with Crippen molar-refractivity contribution in [2.75, 3.05) is 25.1 Å². The number of nitrogens with zero attached hydrogens (tertiary/aromatic N) is 3. The summed E-state index contributed by atoms with van der Waals surface area (Å²) in [6, 6.07) is 11.6. The lowest BCUT2D eigenvalue weighted by Gasteiger charge is -2.31. The van der Waals surface area contributed by atoms with Crippen LogP contribution in [0.2, 0.25) is 0 Å². The molecule has 3 aromatic rings. The monoisotopic (exact) mass is 382 g/mol. The van der Waals surface area contributed by atoms with Crippen molar-refractivity contribution < 1.29 is 9.53 Å². The Bertz CT molecular complexity index is 909. The average molecular weight is 382 g/mol. The number of hydrogen-bond donors (Lipinski definition) is 1. The molecule has 0 bridgehead atoms. The second-order valence-electron chi connectivity index (χ2n) is 6.68. The molecule has 1 saturated heterocycles. The van der Waals surface area contributed by atoms with E-state index in [1.54, 1.807) is 24.6 Å². The van der Waals surface area contributed by atoms with E-state index in [0.717, 1.165) is 46.2 Å². The van der Waals surface area contributed by atoms with Gasteiger partial charge in [0.2, 0.25) is 5.91 Å². The first kappa shape index (κ1) is 17.7. The predicted octanol–water partition coefficient (Wildman–Crippen LogP) is 3.23. The van der Waals surface area contributed by atoms with Crippen LogP contribution < -0.4 is 15.0 Å². The largest absolute Gasteiger partial charge is 0.497 e. The zero-order chi connectivity index (χ0) is 18.6. The molecule has 1 atom stereocenters. The molecule has 1 unspecified atom stereocenters. The van der Waals surface area contributed by atoms with E-state index in [-0.39, 0.29) is 11.8 Å². The number of carbonyl (C=O) groups excluding carboxylic acids is 1. The molecule has 1 aliphatic rings. The molecule has 140 valence electrons. The zero-order valence-electron chi connectivity index (χ0n) is 15.2. The zero-order valence-corrected chi connectivity index (χ0v) is 16.0. The standard InChI is InChI=1S/C20H22N4O2S/c1-26-16-7-2-5-14(11-16)12-22-18(25)15-6-4-10-24(13-15)20-23-17-8-3-9-21-19(17)27-20/h2-3,5,7-9,11,15H,4,6,10,12-13H2,1H3,(H,22,25). The molecular weight excluding hydrogens is 360 g/mol. The van der Waals surface area contributed by atoms with Gasteiger partial charge in [-0.15, -0.1) is 0 Å². The summed E-state index contributed by atoms with van der Waals surface area (Å²) in [5.41, 5.74) is 1.95. The van der Waals surface area contributed by atoms with Crippen molar-refractivity contribution in [3.63, 3.8) is 0 Å². The second-order valence-corrected chi connectivity index (χ2v) is 7.63. The minimum atomic E-state index is -0.0238. The second kappa shape index (κ2) is 7.92. The van der Waals surface area contributed by atoms with Gasteiger partial charge in [0.15, 0.2) is 5.13 Å². The Labute approximate surface area is 162 Å². The Morgan fingerprint density at radius 2 is 2.30 bits per heavy atom. The molecule has 6 nitrogen and oxygen atoms in total. The highest BCUT2D eigenvalue weighted by molar-refractivity contribution is 7.21. The number of methoxy groups -OCH3 is 1. The maximum Gasteiger partial charge on any atom is 0.225 e. The minimum absolute atomic E-state index is 0.0238. The Hall–Kier alpha value is -2.67. The topological polar surface area (TPSA) is 67.3 Å². The highest BCUT2D eigenvalue weighted by Crippen LogP contribution is 2.30. The third-order valence-corrected chi connectivity index (χ3v) is 5.86. The Morgan fingerprint density at radius 3 is 3.15 bits per heavy atom. The van der Waals surface area contributed by atoms with Crippen molar-refractivity contribution in [1.29, 1.82) is 0 Å². The van der Waals surface area contributed by atoms with Crippen LogP contribution in [0.1, 0.15) is 18.4 Å². The highest BCUT2D eigenvalue weighted by atomic mass is 32.1. The lowest BCUT2D eigenvalue weighted by molar-refractivity contribution is -0.125. The van der Waals surface area contributed by atoms with E-state index in [1.807, 2.05) is 36.4 Å². The number of benzene rings is 1. The fourth-order valence-electron chi connectivity index (χ4n) is 3.37. The summed E-state index contributed by atoms with van der Waals surface area (Å²) in [4.78, 5) is 24.9. The number of piperidine rings is 1. The molecule has 3 heterocycles. The fourth-order valence-corrected chi connectivity index (χ4v) is 4.32. The summed E-state index contributed by atoms with van der Waals surface area (Å²) in [7, 11) is 1.64. The SMILES string of the molecule is COc1cccc(CNC(=O)C2CCCN(c3nc4cccnc4s3)C2)c1. The summed E-state index contributed by atoms with van der Waals surface area (Å²) in [5, 5.41) is 4.02. The molecule has 0 aliphatic carbocycles. The molecule has 27 heavy (non-hydrogen) atoms. The van der Waals surface area contributed by atoms with E-state index in [9.17, 15) is 4.79 Å². The summed E-state index contributed by atoms with van der Waals surface area (Å²) < 4.78 is 5.24. The molecule has 7 heteroatoms. The number of rotatable bonds is 5. The van der Waals surface area contributed by atoms with Crippen molar-refractivity contribution in [3.05, 3.63) is 48.2 Å². The van der Waals surface area contributed by atoms with Crippen molar-refractivity contribution >= 4 is 32.7 Å². The number of hydrogen-bond acceptors (Lipinski definition) is 6. The van der Waals surface area contributed by atoms with Crippen LogP contribution in [0.5, 0.6) is 5.75 Å². The van der Waals surface area contributed by atoms with Crippen molar-refractivity contribution in [3.8, 4) is 5.75 Å². The maximum atomic E-state index is 12.7. The summed E-state index contributed by atoms with van der Waals surface area (Å²) in [5.74, 6) is 0.876. The van der Waals surface area contributed by atoms with Gasteiger partial charge in [-0.3, -0.25) is 4.79 Å². The normalized spacial score (nSPS) is 17.1. The number of amides is 1. The van der Waals surface area contributed by atoms with Crippen molar-refractivity contribution in [2.24, 2.45) is 5.92 Å². The molecule has 1 N–H and O–H groups in total. The Balaban J connectivity index is 1.39. The molecule has 0 radical (unpaired) electrons. The lowest BCUT2D eigenvalue weighted by Crippen LogP contribution is -2.42. The van der Waals surface area contributed by atoms with Crippen LogP contribution >= 0.6 is 11.3 Å². The van der Waals surface area contributed by atoms with E-state index in [1.165, 1.54) is 0 Å². The third kappa shape index (κ3) is 4.03. The van der Waals surface area contributed by atoms with E-state index < -0.39 is 0 Å². The van der Waals surface area contributed by atoms with Crippen LogP contribution in [0.25, 0.3) is 10.3 Å². The number of anilines is 1. The number of pyridine rings is 1. The van der Waals surface area contributed by atoms with Gasteiger partial charge in [-0.1, -0.05) is 23.5 Å². The van der Waals surface area contributed by atoms with Crippen LogP contribution in [0.4, 0.5) is 5.13 Å². The minimum Gasteiger partial charge on any atom is -0.497 e. The van der Waals surface area contributed by atoms with Gasteiger partial charge >= 0.3 is 0 Å². The van der Waals surface area contributed by atoms with Gasteiger partial charge in [0.1, 0.15) is 16.1 Å². The van der Waals surface area contributed by atoms with Gasteiger partial charge in [0, 0.05) is 25.8 Å². The van der Waals surface area contributed by atoms with Crippen LogP contribution in [-0.2, 0) is 11.3 Å². The smallest absolute Gasteiger partial charge is 0.225 e. The first-order valence-corrected chi connectivity index (χ1v) is 9.92. The van der Waals surface area contributed by atoms with Gasteiger partial charge in [-0.05, 0) is 42.7 Å². The molecule has 1 fully saturated rings. The predicted molar refractivity (Wildman–Crippen MR) is 107 cm³/mol. The summed E-state index contributed by atoms with van der Waals surface area (Å²) >= 11 is 1.59. The third-order valence-electron chi connectivity index (χ3n) is 4.82. The molecule has 1 amide bonds. The highest BCUT2D eigenvalue weighted by Gasteiger charge is 2.27. The van der Waals surface area contributed by atoms with Crippen LogP contribution in [0, 0.1) is 5.92 Å². The number of thiazole rings is 1. The fraction of sp³-hybridized carbons (Fsp3) is 0.350. The molecule has 1 aliphatic heterocycles. The van der Waals surface area contributed by atoms with E-state index >= 15 is 0 Å². The van der Waals surface area contributed by atoms with Crippen LogP contribution in [0.3, 0.4) is 0 Å². The lowest BCUT2D eigenvalue weighted by atomic mass is 9.97. The van der Waals surface area contributed by atoms with Gasteiger partial charge in [-0.2, -0.15) is 0 Å². The molecule has 1 aromatic carbocycles. The van der Waals surface area contributed by atoms with E-state index in [4.69, 9.17) is 4.74 Å². The molecule has 2 aromatic heterocycles. The number of fused-ring (bicyclic) bond motifs is 1. The van der Waals surface area contributed by atoms with E-state index in [0.29, 0.717) is 13.1 Å². The maximum absolute atomic E-state index is 12.7. The van der Waals surface area contributed by atoms with Gasteiger partial charge in [0.05, 0.1) is 13.0 Å². The Morgan fingerprint density at radius 1 is 1.37 bits per heavy atom. The quantitative estimate of drug-likeness (QED) is 0.734. The Kier molecular flexibility index (Phi) is 5.20. The van der Waals surface area contributed by atoms with Gasteiger partial charge in [0.25, 0.3) is 0 Å². The first-order chi connectivity index (χ1) is 13.2. The molecule has 0 saturated carbocycles. The van der Waals surface area contributed by atoms with Gasteiger partial charge < -0.3 is 15.0 Å². The van der Waals surface area contributed by atoms with E-state index in [2.05, 4.69) is 20.2 Å². The van der Waals surface area contributed by atoms with Crippen LogP contribution in [0.15, 0.2) is 42.6 Å². The van der Waals surface area contributed by atoms with Gasteiger partial charge in [-0.25, -0.2) is 9.97 Å². The van der Waals surface area contributed by atoms with Crippen molar-refractivity contribution in [2.45, 2.75) is 19.4 Å². The molecular formula is C20H22N4O2S. The van der Waals surface area contributed by atoms with Crippen molar-refractivity contribution in [1.82, 2.24) is 15.3 Å². The molecule has 0 spiro atoms. The summed E-state index contributed by atoms with van der Waals surface area (Å²) in [6.07, 6.45) is 3.68. The van der Waals surface area contributed by atoms with Crippen LogP contribution in [-0.4, -0.2) is 36.1 Å². The number of nitrogens with one attached hydrogen (secondary N) is 1. The number of ether oxygens (including phenoxy) is 1. The summed E-state index contributed by atoms with van der Waals surface area (Å²) in [6.45, 7) is 2.14. The number of carbonyl (C=O) groups is 1. The molecule has 4 rings (SSSR count). The average Bonchev–Trinajstić information content (AvgIpc) is 3.16. The number of aromatic nitrogens is 2. The first-order valence-electron chi connectivity index (χ1n) is 9.10.